The van der Waals surface area contributed by atoms with Crippen LogP contribution in [0.2, 0.25) is 0 Å². The summed E-state index contributed by atoms with van der Waals surface area (Å²) in [5.41, 5.74) is 0. The van der Waals surface area contributed by atoms with Crippen molar-refractivity contribution in [2.45, 2.75) is 45.4 Å². The average Bonchev–Trinajstić information content (AvgIpc) is 2.76. The van der Waals surface area contributed by atoms with Gasteiger partial charge in [-0.2, -0.15) is 4.98 Å². The van der Waals surface area contributed by atoms with E-state index >= 15 is 0 Å². The third kappa shape index (κ3) is 3.00. The number of aromatic nitrogens is 2. The lowest BCUT2D eigenvalue weighted by Crippen LogP contribution is -2.26. The highest BCUT2D eigenvalue weighted by Gasteiger charge is 2.21. The van der Waals surface area contributed by atoms with Crippen molar-refractivity contribution >= 4 is 0 Å². The fourth-order valence-electron chi connectivity index (χ4n) is 1.79. The zero-order valence-corrected chi connectivity index (χ0v) is 9.19. The molecule has 2 unspecified atom stereocenters. The summed E-state index contributed by atoms with van der Waals surface area (Å²) >= 11 is 0. The molecule has 0 aromatic carbocycles. The molecule has 1 aromatic heterocycles. The fourth-order valence-corrected chi connectivity index (χ4v) is 1.79. The van der Waals surface area contributed by atoms with Crippen LogP contribution in [-0.4, -0.2) is 28.9 Å². The van der Waals surface area contributed by atoms with Crippen molar-refractivity contribution in [3.8, 4) is 0 Å². The van der Waals surface area contributed by atoms with Gasteiger partial charge >= 0.3 is 0 Å². The number of nitrogens with zero attached hydrogens (tertiary/aromatic N) is 2. The first-order chi connectivity index (χ1) is 7.24. The summed E-state index contributed by atoms with van der Waals surface area (Å²) < 4.78 is 10.5. The van der Waals surface area contributed by atoms with Gasteiger partial charge in [-0.1, -0.05) is 5.16 Å². The van der Waals surface area contributed by atoms with Crippen molar-refractivity contribution in [1.29, 1.82) is 0 Å². The fraction of sp³-hybridized carbons (Fsp3) is 0.800. The Hall–Kier alpha value is -0.940. The molecular formula is C10H17N3O2. The molecule has 84 valence electrons. The van der Waals surface area contributed by atoms with E-state index in [2.05, 4.69) is 22.4 Å². The van der Waals surface area contributed by atoms with E-state index in [1.54, 1.807) is 6.92 Å². The summed E-state index contributed by atoms with van der Waals surface area (Å²) in [5, 5.41) is 7.07. The first-order valence-electron chi connectivity index (χ1n) is 5.39. The minimum Gasteiger partial charge on any atom is -0.374 e. The Morgan fingerprint density at radius 1 is 1.47 bits per heavy atom. The zero-order chi connectivity index (χ0) is 10.7. The summed E-state index contributed by atoms with van der Waals surface area (Å²) in [5.74, 6) is 1.32. The van der Waals surface area contributed by atoms with E-state index in [9.17, 15) is 0 Å². The molecule has 0 radical (unpaired) electrons. The molecule has 0 bridgehead atoms. The van der Waals surface area contributed by atoms with Gasteiger partial charge in [-0.25, -0.2) is 0 Å². The second-order valence-electron chi connectivity index (χ2n) is 4.01. The molecule has 15 heavy (non-hydrogen) atoms. The second-order valence-corrected chi connectivity index (χ2v) is 4.01. The quantitative estimate of drug-likeness (QED) is 0.806. The van der Waals surface area contributed by atoms with Crippen molar-refractivity contribution in [1.82, 2.24) is 15.5 Å². The predicted octanol–water partition coefficient (Wildman–Crippen LogP) is 1.04. The van der Waals surface area contributed by atoms with Crippen LogP contribution >= 0.6 is 0 Å². The van der Waals surface area contributed by atoms with Crippen molar-refractivity contribution < 1.29 is 9.26 Å². The van der Waals surface area contributed by atoms with Gasteiger partial charge in [0.2, 0.25) is 5.89 Å². The normalized spacial score (nSPS) is 26.0. The molecule has 2 atom stereocenters. The minimum absolute atomic E-state index is 0.341. The molecule has 2 heterocycles. The molecule has 1 N–H and O–H groups in total. The lowest BCUT2D eigenvalue weighted by Gasteiger charge is -2.10. The van der Waals surface area contributed by atoms with E-state index in [1.807, 2.05) is 0 Å². The lowest BCUT2D eigenvalue weighted by atomic mass is 10.2. The smallest absolute Gasteiger partial charge is 0.223 e. The molecule has 1 fully saturated rings. The number of hydrogen-bond donors (Lipinski definition) is 1. The molecule has 0 saturated carbocycles. The SMILES string of the molecule is Cc1nc(CNCC2CCC(C)O2)no1. The summed E-state index contributed by atoms with van der Waals surface area (Å²) in [6.45, 7) is 5.41. The van der Waals surface area contributed by atoms with E-state index in [0.717, 1.165) is 19.4 Å². The van der Waals surface area contributed by atoms with E-state index in [4.69, 9.17) is 9.26 Å². The van der Waals surface area contributed by atoms with Crippen molar-refractivity contribution in [2.75, 3.05) is 6.54 Å². The van der Waals surface area contributed by atoms with Crippen LogP contribution in [0.15, 0.2) is 4.52 Å². The van der Waals surface area contributed by atoms with Crippen LogP contribution < -0.4 is 5.32 Å². The van der Waals surface area contributed by atoms with Gasteiger partial charge in [-0.05, 0) is 19.8 Å². The minimum atomic E-state index is 0.341. The number of nitrogens with one attached hydrogen (secondary N) is 1. The van der Waals surface area contributed by atoms with E-state index in [0.29, 0.717) is 30.5 Å². The van der Waals surface area contributed by atoms with Crippen LogP contribution in [0.25, 0.3) is 0 Å². The Balaban J connectivity index is 1.67. The van der Waals surface area contributed by atoms with Gasteiger partial charge in [0.05, 0.1) is 18.8 Å². The van der Waals surface area contributed by atoms with Crippen LogP contribution in [0.3, 0.4) is 0 Å². The lowest BCUT2D eigenvalue weighted by molar-refractivity contribution is 0.0558. The molecule has 0 spiro atoms. The third-order valence-electron chi connectivity index (χ3n) is 2.54. The van der Waals surface area contributed by atoms with Crippen LogP contribution in [0.1, 0.15) is 31.5 Å². The monoisotopic (exact) mass is 211 g/mol. The van der Waals surface area contributed by atoms with Crippen molar-refractivity contribution in [3.63, 3.8) is 0 Å². The van der Waals surface area contributed by atoms with Gasteiger partial charge in [0.25, 0.3) is 0 Å². The molecule has 5 heteroatoms. The second kappa shape index (κ2) is 4.72. The first kappa shape index (κ1) is 10.6. The van der Waals surface area contributed by atoms with Gasteiger partial charge < -0.3 is 14.6 Å². The first-order valence-corrected chi connectivity index (χ1v) is 5.39. The van der Waals surface area contributed by atoms with Gasteiger partial charge in [0, 0.05) is 13.5 Å². The van der Waals surface area contributed by atoms with Crippen LogP contribution in [-0.2, 0) is 11.3 Å². The summed E-state index contributed by atoms with van der Waals surface area (Å²) in [6.07, 6.45) is 3.05. The molecule has 0 aliphatic carbocycles. The largest absolute Gasteiger partial charge is 0.374 e. The third-order valence-corrected chi connectivity index (χ3v) is 2.54. The Labute approximate surface area is 89.2 Å². The van der Waals surface area contributed by atoms with Crippen LogP contribution in [0.4, 0.5) is 0 Å². The number of hydrogen-bond acceptors (Lipinski definition) is 5. The highest BCUT2D eigenvalue weighted by atomic mass is 16.5. The van der Waals surface area contributed by atoms with E-state index < -0.39 is 0 Å². The molecule has 2 rings (SSSR count). The summed E-state index contributed by atoms with van der Waals surface area (Å²) in [4.78, 5) is 4.11. The zero-order valence-electron chi connectivity index (χ0n) is 9.19. The van der Waals surface area contributed by atoms with Gasteiger partial charge in [0.1, 0.15) is 0 Å². The van der Waals surface area contributed by atoms with Crippen LogP contribution in [0.5, 0.6) is 0 Å². The maximum atomic E-state index is 5.68. The predicted molar refractivity (Wildman–Crippen MR) is 54.3 cm³/mol. The molecule has 1 saturated heterocycles. The van der Waals surface area contributed by atoms with E-state index in [1.165, 1.54) is 0 Å². The topological polar surface area (TPSA) is 60.2 Å². The highest BCUT2D eigenvalue weighted by Crippen LogP contribution is 2.18. The molecule has 5 nitrogen and oxygen atoms in total. The maximum Gasteiger partial charge on any atom is 0.223 e. The van der Waals surface area contributed by atoms with Crippen LogP contribution in [0, 0.1) is 6.92 Å². The molecule has 1 aliphatic rings. The van der Waals surface area contributed by atoms with E-state index in [-0.39, 0.29) is 0 Å². The highest BCUT2D eigenvalue weighted by molar-refractivity contribution is 4.83. The van der Waals surface area contributed by atoms with Crippen molar-refractivity contribution in [2.24, 2.45) is 0 Å². The van der Waals surface area contributed by atoms with Crippen molar-refractivity contribution in [3.05, 3.63) is 11.7 Å². The summed E-state index contributed by atoms with van der Waals surface area (Å²) in [6, 6.07) is 0. The summed E-state index contributed by atoms with van der Waals surface area (Å²) in [7, 11) is 0. The maximum absolute atomic E-state index is 5.68. The Morgan fingerprint density at radius 3 is 2.93 bits per heavy atom. The molecule has 1 aliphatic heterocycles. The van der Waals surface area contributed by atoms with Gasteiger partial charge in [-0.3, -0.25) is 0 Å². The average molecular weight is 211 g/mol. The molecule has 1 aromatic rings. The molecular weight excluding hydrogens is 194 g/mol. The Bertz CT molecular complexity index is 313. The van der Waals surface area contributed by atoms with Gasteiger partial charge in [0.15, 0.2) is 5.82 Å². The molecule has 0 amide bonds. The van der Waals surface area contributed by atoms with Gasteiger partial charge in [-0.15, -0.1) is 0 Å². The Kier molecular flexibility index (Phi) is 3.33. The number of ether oxygens (including phenoxy) is 1. The Morgan fingerprint density at radius 2 is 2.33 bits per heavy atom. The number of aryl methyl sites for hydroxylation is 1. The number of rotatable bonds is 4. The standard InChI is InChI=1S/C10H17N3O2/c1-7-3-4-9(14-7)5-11-6-10-12-8(2)15-13-10/h7,9,11H,3-6H2,1-2H3.